The Morgan fingerprint density at radius 2 is 1.68 bits per heavy atom. The van der Waals surface area contributed by atoms with E-state index in [0.29, 0.717) is 0 Å². The first-order chi connectivity index (χ1) is 11.9. The maximum atomic E-state index is 2.63. The number of hydrogen-bond donors (Lipinski definition) is 0. The summed E-state index contributed by atoms with van der Waals surface area (Å²) in [5.74, 6) is 6.52. The van der Waals surface area contributed by atoms with Crippen LogP contribution in [0.5, 0.6) is 0 Å². The summed E-state index contributed by atoms with van der Waals surface area (Å²) in [6.07, 6.45) is 13.9. The van der Waals surface area contributed by atoms with Gasteiger partial charge in [0.1, 0.15) is 0 Å². The Morgan fingerprint density at radius 3 is 2.20 bits per heavy atom. The van der Waals surface area contributed by atoms with Gasteiger partial charge in [0.2, 0.25) is 0 Å². The van der Waals surface area contributed by atoms with Gasteiger partial charge in [-0.2, -0.15) is 0 Å². The van der Waals surface area contributed by atoms with Crippen molar-refractivity contribution in [2.75, 3.05) is 0 Å². The molecule has 0 aliphatic heterocycles. The number of allylic oxidation sites excluding steroid dienone is 4. The Labute approximate surface area is 157 Å². The average molecular weight is 343 g/mol. The molecule has 0 N–H and O–H groups in total. The van der Waals surface area contributed by atoms with Crippen LogP contribution in [0.25, 0.3) is 0 Å². The van der Waals surface area contributed by atoms with Gasteiger partial charge in [-0.15, -0.1) is 0 Å². The molecule has 0 aromatic carbocycles. The van der Waals surface area contributed by atoms with Gasteiger partial charge in [-0.1, -0.05) is 58.3 Å². The highest BCUT2D eigenvalue weighted by atomic mass is 14.4. The molecule has 0 heteroatoms. The molecule has 2 fully saturated rings. The molecular weight excluding hydrogens is 300 g/mol. The van der Waals surface area contributed by atoms with Gasteiger partial charge in [0.25, 0.3) is 0 Å². The standard InChI is InChI=1S/C25H42/c1-7-21-10-11-23(15-24-12-17(3)20(24)6)19(5)18(4)13-25(21)14-22-9-8-16(22)2/h13,16-17,19-20,22-24H,7-12,14-15H2,1-6H3. The van der Waals surface area contributed by atoms with E-state index in [-0.39, 0.29) is 0 Å². The molecule has 0 amide bonds. The fraction of sp³-hybridized carbons (Fsp3) is 0.840. The number of hydrogen-bond acceptors (Lipinski definition) is 0. The zero-order valence-electron chi connectivity index (χ0n) is 17.8. The molecule has 7 unspecified atom stereocenters. The first-order valence-electron chi connectivity index (χ1n) is 11.3. The van der Waals surface area contributed by atoms with Crippen molar-refractivity contribution in [1.82, 2.24) is 0 Å². The van der Waals surface area contributed by atoms with Crippen molar-refractivity contribution >= 4 is 0 Å². The Hall–Kier alpha value is -0.520. The van der Waals surface area contributed by atoms with E-state index in [9.17, 15) is 0 Å². The highest BCUT2D eigenvalue weighted by Gasteiger charge is 2.37. The summed E-state index contributed by atoms with van der Waals surface area (Å²) in [6.45, 7) is 14.7. The van der Waals surface area contributed by atoms with Gasteiger partial charge in [-0.3, -0.25) is 0 Å². The SMILES string of the molecule is CCC1=C(CC2CCC2C)C=C(C)C(C)C(CC2CC(C)C2C)CC1. The topological polar surface area (TPSA) is 0 Å². The predicted molar refractivity (Wildman–Crippen MR) is 111 cm³/mol. The largest absolute Gasteiger partial charge is 0.0699 e. The van der Waals surface area contributed by atoms with Crippen LogP contribution in [0.1, 0.15) is 92.9 Å². The summed E-state index contributed by atoms with van der Waals surface area (Å²) in [5, 5.41) is 0. The van der Waals surface area contributed by atoms with Gasteiger partial charge in [-0.05, 0) is 98.9 Å². The second kappa shape index (κ2) is 8.01. The molecule has 142 valence electrons. The van der Waals surface area contributed by atoms with E-state index < -0.39 is 0 Å². The normalized spacial score (nSPS) is 42.2. The van der Waals surface area contributed by atoms with E-state index in [4.69, 9.17) is 0 Å². The van der Waals surface area contributed by atoms with Crippen LogP contribution in [0.2, 0.25) is 0 Å². The molecule has 0 radical (unpaired) electrons. The second-order valence-electron chi connectivity index (χ2n) is 10.0. The molecule has 0 nitrogen and oxygen atoms in total. The summed E-state index contributed by atoms with van der Waals surface area (Å²) >= 11 is 0. The van der Waals surface area contributed by atoms with Crippen molar-refractivity contribution in [1.29, 1.82) is 0 Å². The highest BCUT2D eigenvalue weighted by Crippen LogP contribution is 2.47. The predicted octanol–water partition coefficient (Wildman–Crippen LogP) is 7.80. The lowest BCUT2D eigenvalue weighted by Gasteiger charge is -2.44. The maximum absolute atomic E-state index is 2.63. The Morgan fingerprint density at radius 1 is 0.920 bits per heavy atom. The van der Waals surface area contributed by atoms with Crippen molar-refractivity contribution in [3.05, 3.63) is 22.8 Å². The molecule has 2 saturated carbocycles. The average Bonchev–Trinajstić information content (AvgIpc) is 2.60. The molecule has 0 saturated heterocycles. The van der Waals surface area contributed by atoms with Gasteiger partial charge < -0.3 is 0 Å². The van der Waals surface area contributed by atoms with Crippen LogP contribution in [0.15, 0.2) is 22.8 Å². The van der Waals surface area contributed by atoms with Crippen molar-refractivity contribution in [2.45, 2.75) is 92.9 Å². The Kier molecular flexibility index (Phi) is 6.17. The van der Waals surface area contributed by atoms with E-state index in [2.05, 4.69) is 47.6 Å². The minimum absolute atomic E-state index is 0.773. The van der Waals surface area contributed by atoms with E-state index in [1.807, 2.05) is 0 Å². The Balaban J connectivity index is 1.70. The molecule has 0 heterocycles. The van der Waals surface area contributed by atoms with Gasteiger partial charge in [-0.25, -0.2) is 0 Å². The van der Waals surface area contributed by atoms with Crippen molar-refractivity contribution in [2.24, 2.45) is 41.4 Å². The quantitative estimate of drug-likeness (QED) is 0.478. The van der Waals surface area contributed by atoms with Crippen LogP contribution in [0.3, 0.4) is 0 Å². The summed E-state index contributed by atoms with van der Waals surface area (Å²) in [7, 11) is 0. The summed E-state index contributed by atoms with van der Waals surface area (Å²) in [5.41, 5.74) is 5.18. The third-order valence-corrected chi connectivity index (χ3v) is 8.73. The summed E-state index contributed by atoms with van der Waals surface area (Å²) < 4.78 is 0. The first-order valence-corrected chi connectivity index (χ1v) is 11.3. The van der Waals surface area contributed by atoms with Crippen LogP contribution in [0, 0.1) is 41.4 Å². The zero-order valence-corrected chi connectivity index (χ0v) is 17.8. The van der Waals surface area contributed by atoms with E-state index in [1.165, 1.54) is 51.4 Å². The molecule has 3 aliphatic rings. The smallest absolute Gasteiger partial charge is 0.0203 e. The molecule has 7 atom stereocenters. The summed E-state index contributed by atoms with van der Waals surface area (Å²) in [4.78, 5) is 0. The fourth-order valence-corrected chi connectivity index (χ4v) is 5.78. The van der Waals surface area contributed by atoms with Crippen LogP contribution >= 0.6 is 0 Å². The second-order valence-corrected chi connectivity index (χ2v) is 10.0. The molecule has 0 spiro atoms. The minimum atomic E-state index is 0.773. The third kappa shape index (κ3) is 4.09. The van der Waals surface area contributed by atoms with Crippen LogP contribution in [0.4, 0.5) is 0 Å². The van der Waals surface area contributed by atoms with Crippen molar-refractivity contribution in [3.8, 4) is 0 Å². The third-order valence-electron chi connectivity index (χ3n) is 8.73. The van der Waals surface area contributed by atoms with E-state index >= 15 is 0 Å². The maximum Gasteiger partial charge on any atom is -0.0203 e. The lowest BCUT2D eigenvalue weighted by atomic mass is 9.61. The molecule has 0 bridgehead atoms. The Bertz CT molecular complexity index is 522. The number of rotatable bonds is 5. The molecule has 25 heavy (non-hydrogen) atoms. The molecule has 0 aromatic rings. The van der Waals surface area contributed by atoms with Gasteiger partial charge in [0.15, 0.2) is 0 Å². The molecule has 3 rings (SSSR count). The van der Waals surface area contributed by atoms with Crippen LogP contribution in [-0.2, 0) is 0 Å². The van der Waals surface area contributed by atoms with Gasteiger partial charge in [0.05, 0.1) is 0 Å². The van der Waals surface area contributed by atoms with E-state index in [0.717, 1.165) is 41.4 Å². The lowest BCUT2D eigenvalue weighted by Crippen LogP contribution is -2.35. The van der Waals surface area contributed by atoms with E-state index in [1.54, 1.807) is 16.7 Å². The molecule has 3 aliphatic carbocycles. The van der Waals surface area contributed by atoms with Crippen LogP contribution < -0.4 is 0 Å². The van der Waals surface area contributed by atoms with Gasteiger partial charge >= 0.3 is 0 Å². The highest BCUT2D eigenvalue weighted by molar-refractivity contribution is 5.31. The van der Waals surface area contributed by atoms with Crippen molar-refractivity contribution < 1.29 is 0 Å². The summed E-state index contributed by atoms with van der Waals surface area (Å²) in [6, 6.07) is 0. The fourth-order valence-electron chi connectivity index (χ4n) is 5.78. The zero-order chi connectivity index (χ0) is 18.1. The minimum Gasteiger partial charge on any atom is -0.0699 e. The van der Waals surface area contributed by atoms with Gasteiger partial charge in [0, 0.05) is 0 Å². The lowest BCUT2D eigenvalue weighted by molar-refractivity contribution is 0.0696. The van der Waals surface area contributed by atoms with Crippen molar-refractivity contribution in [3.63, 3.8) is 0 Å². The molecule has 0 aromatic heterocycles. The monoisotopic (exact) mass is 342 g/mol. The molecular formula is C25H42. The first kappa shape index (κ1) is 19.2. The van der Waals surface area contributed by atoms with Crippen LogP contribution in [-0.4, -0.2) is 0 Å².